The van der Waals surface area contributed by atoms with Gasteiger partial charge in [0.15, 0.2) is 0 Å². The van der Waals surface area contributed by atoms with Gasteiger partial charge in [-0.3, -0.25) is 0 Å². The summed E-state index contributed by atoms with van der Waals surface area (Å²) in [7, 11) is 0. The minimum absolute atomic E-state index is 0.657. The zero-order valence-corrected chi connectivity index (χ0v) is 4.58. The zero-order chi connectivity index (χ0) is 14.5. The van der Waals surface area contributed by atoms with Crippen LogP contribution in [0.5, 0.6) is 0 Å². The van der Waals surface area contributed by atoms with Crippen LogP contribution in [0.3, 0.4) is 0 Å². The maximum atomic E-state index is 7.61. The summed E-state index contributed by atoms with van der Waals surface area (Å²) in [6.07, 6.45) is 0. The van der Waals surface area contributed by atoms with Crippen LogP contribution in [0.15, 0.2) is 30.2 Å². The molecule has 0 saturated heterocycles. The van der Waals surface area contributed by atoms with Crippen molar-refractivity contribution >= 4 is 0 Å². The Bertz CT molecular complexity index is 461. The minimum atomic E-state index is -3.01. The van der Waals surface area contributed by atoms with Crippen molar-refractivity contribution in [2.24, 2.45) is 5.73 Å². The second kappa shape index (κ2) is 2.65. The van der Waals surface area contributed by atoms with Crippen molar-refractivity contribution in [1.29, 1.82) is 0 Å². The molecule has 0 bridgehead atoms. The van der Waals surface area contributed by atoms with Crippen LogP contribution in [0.2, 0.25) is 0 Å². The van der Waals surface area contributed by atoms with Gasteiger partial charge in [0.1, 0.15) is 0 Å². The monoisotopic (exact) mass is 130 g/mol. The fraction of sp³-hybridized carbons (Fsp3) is 0.250. The quantitative estimate of drug-likeness (QED) is 0.615. The van der Waals surface area contributed by atoms with Gasteiger partial charge >= 0.3 is 0 Å². The molecule has 0 saturated carbocycles. The molecule has 1 aromatic carbocycles. The van der Waals surface area contributed by atoms with Crippen molar-refractivity contribution in [2.75, 3.05) is 0 Å². The summed E-state index contributed by atoms with van der Waals surface area (Å²) in [5, 5.41) is 0. The molecule has 0 amide bonds. The molecule has 0 aliphatic carbocycles. The summed E-state index contributed by atoms with van der Waals surface area (Å²) in [6.45, 7) is -3.01. The van der Waals surface area contributed by atoms with Gasteiger partial charge in [-0.25, -0.2) is 0 Å². The standard InChI is InChI=1S/C8H11N/c1-7(9)8-5-3-2-4-6-8/h2-7H,9H2,1H3/i1D3,2D,3D,4D,5D,6D,7D. The fourth-order valence-corrected chi connectivity index (χ4v) is 0.385. The molecule has 1 nitrogen and oxygen atoms in total. The van der Waals surface area contributed by atoms with Crippen molar-refractivity contribution in [3.05, 3.63) is 35.8 Å². The fourth-order valence-electron chi connectivity index (χ4n) is 0.385. The highest BCUT2D eigenvalue weighted by Crippen LogP contribution is 2.06. The molecule has 0 spiro atoms. The average molecular weight is 130 g/mol. The molecule has 0 aliphatic rings. The van der Waals surface area contributed by atoms with E-state index in [4.69, 9.17) is 18.1 Å². The van der Waals surface area contributed by atoms with Gasteiger partial charge in [0.25, 0.3) is 0 Å². The van der Waals surface area contributed by atoms with Crippen molar-refractivity contribution in [1.82, 2.24) is 0 Å². The number of nitrogens with two attached hydrogens (primary N) is 1. The Morgan fingerprint density at radius 3 is 2.89 bits per heavy atom. The summed E-state index contributed by atoms with van der Waals surface area (Å²) in [4.78, 5) is 0. The van der Waals surface area contributed by atoms with Gasteiger partial charge in [-0.1, -0.05) is 30.2 Å². The summed E-state index contributed by atoms with van der Waals surface area (Å²) >= 11 is 0. The van der Waals surface area contributed by atoms with Crippen molar-refractivity contribution in [3.63, 3.8) is 0 Å². The van der Waals surface area contributed by atoms with Gasteiger partial charge < -0.3 is 5.73 Å². The summed E-state index contributed by atoms with van der Waals surface area (Å²) in [5.41, 5.74) is 4.61. The van der Waals surface area contributed by atoms with Crippen LogP contribution in [-0.2, 0) is 0 Å². The lowest BCUT2D eigenvalue weighted by Gasteiger charge is -2.02. The van der Waals surface area contributed by atoms with Crippen molar-refractivity contribution < 1.29 is 12.3 Å². The van der Waals surface area contributed by atoms with E-state index in [1.54, 1.807) is 0 Å². The SMILES string of the molecule is [2H]c1c([2H])c([2H])c(C([2H])(N)C([2H])([2H])[2H])c([2H])c1[2H]. The zero-order valence-electron chi connectivity index (χ0n) is 13.6. The number of rotatable bonds is 1. The second-order valence-corrected chi connectivity index (χ2v) is 1.41. The Labute approximate surface area is 68.1 Å². The molecule has 1 rings (SSSR count). The molecule has 0 fully saturated rings. The predicted molar refractivity (Wildman–Crippen MR) is 39.0 cm³/mol. The Morgan fingerprint density at radius 1 is 1.67 bits per heavy atom. The largest absolute Gasteiger partial charge is 0.324 e. The van der Waals surface area contributed by atoms with E-state index < -0.39 is 48.6 Å². The van der Waals surface area contributed by atoms with Crippen LogP contribution in [0.4, 0.5) is 0 Å². The van der Waals surface area contributed by atoms with Gasteiger partial charge in [0, 0.05) is 10.1 Å². The van der Waals surface area contributed by atoms with Gasteiger partial charge in [0.05, 0.1) is 8.22 Å². The van der Waals surface area contributed by atoms with Crippen LogP contribution in [0, 0.1) is 0 Å². The lowest BCUT2D eigenvalue weighted by atomic mass is 10.1. The third-order valence-electron chi connectivity index (χ3n) is 0.769. The summed E-state index contributed by atoms with van der Waals surface area (Å²) in [6, 6.07) is -6.38. The van der Waals surface area contributed by atoms with Crippen LogP contribution in [0.1, 0.15) is 30.8 Å². The van der Waals surface area contributed by atoms with Crippen LogP contribution < -0.4 is 5.73 Å². The first-order chi connectivity index (χ1) is 7.93. The first-order valence-electron chi connectivity index (χ1n) is 6.79. The molecule has 48 valence electrons. The second-order valence-electron chi connectivity index (χ2n) is 1.41. The van der Waals surface area contributed by atoms with E-state index >= 15 is 0 Å². The Balaban J connectivity index is 3.72. The lowest BCUT2D eigenvalue weighted by Crippen LogP contribution is -2.03. The maximum Gasteiger partial charge on any atom is 0.0626 e. The molecule has 1 aromatic rings. The van der Waals surface area contributed by atoms with Crippen LogP contribution in [0.25, 0.3) is 0 Å². The van der Waals surface area contributed by atoms with Crippen molar-refractivity contribution in [3.8, 4) is 0 Å². The number of hydrogen-bond acceptors (Lipinski definition) is 1. The van der Waals surface area contributed by atoms with Gasteiger partial charge in [-0.15, -0.1) is 0 Å². The molecular weight excluding hydrogens is 110 g/mol. The topological polar surface area (TPSA) is 26.0 Å². The van der Waals surface area contributed by atoms with Crippen molar-refractivity contribution in [2.45, 2.75) is 12.9 Å². The molecule has 2 N–H and O–H groups in total. The summed E-state index contributed by atoms with van der Waals surface area (Å²) < 4.78 is 66.3. The third-order valence-corrected chi connectivity index (χ3v) is 0.769. The number of benzene rings is 1. The maximum absolute atomic E-state index is 7.61. The van der Waals surface area contributed by atoms with E-state index in [-0.39, 0.29) is 0 Å². The highest BCUT2D eigenvalue weighted by atomic mass is 14.6. The molecule has 0 heterocycles. The molecule has 1 heteroatoms. The molecule has 0 aromatic heterocycles. The first-order valence-corrected chi connectivity index (χ1v) is 2.29. The van der Waals surface area contributed by atoms with E-state index in [1.165, 1.54) is 0 Å². The highest BCUT2D eigenvalue weighted by molar-refractivity contribution is 5.17. The molecule has 0 radical (unpaired) electrons. The average Bonchev–Trinajstić information content (AvgIpc) is 2.22. The van der Waals surface area contributed by atoms with E-state index in [9.17, 15) is 0 Å². The highest BCUT2D eigenvalue weighted by Gasteiger charge is 1.93. The Morgan fingerprint density at radius 2 is 2.33 bits per heavy atom. The van der Waals surface area contributed by atoms with E-state index in [1.807, 2.05) is 0 Å². The van der Waals surface area contributed by atoms with Gasteiger partial charge in [0.2, 0.25) is 0 Å². The Kier molecular flexibility index (Phi) is 0.420. The van der Waals surface area contributed by atoms with Gasteiger partial charge in [-0.2, -0.15) is 0 Å². The van der Waals surface area contributed by atoms with Crippen LogP contribution in [-0.4, -0.2) is 0 Å². The number of hydrogen-bond donors (Lipinski definition) is 1. The molecule has 1 unspecified atom stereocenters. The van der Waals surface area contributed by atoms with Crippen LogP contribution >= 0.6 is 0 Å². The third kappa shape index (κ3) is 1.54. The first kappa shape index (κ1) is 1.43. The normalized spacial score (nSPS) is 32.3. The van der Waals surface area contributed by atoms with E-state index in [0.29, 0.717) is 0 Å². The predicted octanol–water partition coefficient (Wildman–Crippen LogP) is 1.71. The smallest absolute Gasteiger partial charge is 0.0626 e. The Hall–Kier alpha value is -0.820. The molecule has 1 atom stereocenters. The minimum Gasteiger partial charge on any atom is -0.324 e. The van der Waals surface area contributed by atoms with E-state index in [2.05, 4.69) is 0 Å². The summed E-state index contributed by atoms with van der Waals surface area (Å²) in [5.74, 6) is 0. The molecular formula is C8H11N. The van der Waals surface area contributed by atoms with Gasteiger partial charge in [-0.05, 0) is 12.4 Å². The molecule has 9 heavy (non-hydrogen) atoms. The lowest BCUT2D eigenvalue weighted by molar-refractivity contribution is 0.818. The molecule has 0 aliphatic heterocycles. The van der Waals surface area contributed by atoms with E-state index in [0.717, 1.165) is 0 Å².